The molecule has 0 saturated carbocycles. The van der Waals surface area contributed by atoms with Crippen LogP contribution in [0.4, 0.5) is 5.69 Å². The number of carbonyl (C=O) groups is 4. The summed E-state index contributed by atoms with van der Waals surface area (Å²) in [5, 5.41) is 24.3. The lowest BCUT2D eigenvalue weighted by molar-refractivity contribution is 0.0686. The fraction of sp³-hybridized carbons (Fsp3) is 0.253. The van der Waals surface area contributed by atoms with E-state index in [1.165, 1.54) is 0 Å². The maximum Gasteiger partial charge on any atom is 0.335 e. The Bertz CT molecular complexity index is 4300. The van der Waals surface area contributed by atoms with Crippen molar-refractivity contribution in [3.05, 3.63) is 203 Å². The van der Waals surface area contributed by atoms with E-state index in [0.717, 1.165) is 172 Å². The monoisotopic (exact) mass is 1260 g/mol. The van der Waals surface area contributed by atoms with Crippen molar-refractivity contribution in [2.24, 2.45) is 10.7 Å². The van der Waals surface area contributed by atoms with Gasteiger partial charge in [0, 0.05) is 73.5 Å². The molecule has 0 atom stereocenters. The first-order chi connectivity index (χ1) is 45.7. The van der Waals surface area contributed by atoms with E-state index in [9.17, 15) is 19.2 Å². The van der Waals surface area contributed by atoms with Gasteiger partial charge in [-0.05, 0) is 164 Å². The van der Waals surface area contributed by atoms with Gasteiger partial charge in [0.25, 0.3) is 11.8 Å². The first kappa shape index (κ1) is 66.5. The Balaban J connectivity index is 0.000000191. The minimum atomic E-state index is -0.960. The van der Waals surface area contributed by atoms with Crippen molar-refractivity contribution in [2.75, 3.05) is 78.5 Å². The average Bonchev–Trinajstić information content (AvgIpc) is 1.67. The minimum absolute atomic E-state index is 0.0708. The van der Waals surface area contributed by atoms with Crippen molar-refractivity contribution < 1.29 is 29.4 Å². The molecule has 3 aromatic heterocycles. The summed E-state index contributed by atoms with van der Waals surface area (Å²) < 4.78 is 0. The summed E-state index contributed by atoms with van der Waals surface area (Å²) in [6.07, 6.45) is 0.700. The van der Waals surface area contributed by atoms with Gasteiger partial charge in [0.05, 0.1) is 55.6 Å². The lowest BCUT2D eigenvalue weighted by atomic mass is 9.99. The topological polar surface area (TPSA) is 267 Å². The molecule has 12 rings (SSSR count). The Hall–Kier alpha value is -10.4. The summed E-state index contributed by atoms with van der Waals surface area (Å²) in [6, 6.07) is 53.2. The van der Waals surface area contributed by atoms with Crippen LogP contribution in [-0.4, -0.2) is 163 Å². The number of carboxylic acid groups (broad SMARTS) is 2. The molecule has 0 unspecified atom stereocenters. The largest absolute Gasteiger partial charge is 0.478 e. The lowest BCUT2D eigenvalue weighted by Crippen LogP contribution is -2.34. The van der Waals surface area contributed by atoms with E-state index in [1.54, 1.807) is 48.5 Å². The molecule has 0 radical (unpaired) electrons. The summed E-state index contributed by atoms with van der Waals surface area (Å²) in [7, 11) is 0. The number of carbonyl (C=O) groups excluding carboxylic acids is 2. The van der Waals surface area contributed by atoms with Crippen molar-refractivity contribution in [1.82, 2.24) is 55.2 Å². The average molecular weight is 1260 g/mol. The van der Waals surface area contributed by atoms with E-state index in [-0.39, 0.29) is 22.9 Å². The van der Waals surface area contributed by atoms with Crippen LogP contribution in [0.1, 0.15) is 94.1 Å². The Labute approximate surface area is 547 Å². The molecule has 19 nitrogen and oxygen atoms in total. The summed E-state index contributed by atoms with van der Waals surface area (Å²) in [6.45, 7) is 23.7. The van der Waals surface area contributed by atoms with E-state index < -0.39 is 11.9 Å². The molecule has 19 heteroatoms. The number of aromatic amines is 3. The molecular weight excluding hydrogens is 1180 g/mol. The molecule has 0 spiro atoms. The molecule has 94 heavy (non-hydrogen) atoms. The highest BCUT2D eigenvalue weighted by Crippen LogP contribution is 2.35. The number of aliphatic imine (C=N–C) groups is 1. The number of carboxylic acids is 2. The van der Waals surface area contributed by atoms with Crippen molar-refractivity contribution in [3.63, 3.8) is 0 Å². The lowest BCUT2D eigenvalue weighted by Gasteiger charge is -2.17. The fourth-order valence-corrected chi connectivity index (χ4v) is 11.3. The minimum Gasteiger partial charge on any atom is -0.478 e. The predicted molar refractivity (Wildman–Crippen MR) is 376 cm³/mol. The number of amides is 2. The maximum atomic E-state index is 12.6. The fourth-order valence-electron chi connectivity index (χ4n) is 11.3. The van der Waals surface area contributed by atoms with Crippen LogP contribution >= 0.6 is 0 Å². The smallest absolute Gasteiger partial charge is 0.335 e. The van der Waals surface area contributed by atoms with E-state index >= 15 is 0 Å². The van der Waals surface area contributed by atoms with E-state index in [1.807, 2.05) is 78.9 Å². The number of likely N-dealkylation sites (N-methyl/N-ethyl adjacent to an activating group) is 3. The number of nitrogens with one attached hydrogen (secondary N) is 5. The summed E-state index contributed by atoms with van der Waals surface area (Å²) in [5.74, 6) is 0.135. The van der Waals surface area contributed by atoms with Crippen molar-refractivity contribution in [3.8, 4) is 56.4 Å². The third-order valence-corrected chi connectivity index (χ3v) is 17.1. The van der Waals surface area contributed by atoms with Gasteiger partial charge in [0.15, 0.2) is 0 Å². The first-order valence-electron chi connectivity index (χ1n) is 32.2. The Kier molecular flexibility index (Phi) is 22.1. The van der Waals surface area contributed by atoms with Gasteiger partial charge in [-0.1, -0.05) is 120 Å². The highest BCUT2D eigenvalue weighted by atomic mass is 16.4. The SMILES string of the molecule is CCN(CC)CCN.CCN(CC)CCNC(=O)c1ccc(-c2nc3ccc(-c4ccc5nc(-c6ccc(C(=O)NCCN(CC)CC)cc6)[nH]c5c4)cc3[nH]2)cc1.O=C(O)c1ccc(C2=Nc3cc(-c4ccc5nc(-c6ccc(C(=O)O)cc6)[nH]c5c4)ccc3C2)cc1. The Morgan fingerprint density at radius 1 is 0.415 bits per heavy atom. The number of hydrogen-bond donors (Lipinski definition) is 8. The molecule has 11 aromatic rings. The summed E-state index contributed by atoms with van der Waals surface area (Å²) in [5.41, 5.74) is 23.1. The number of H-pyrrole nitrogens is 3. The van der Waals surface area contributed by atoms with Gasteiger partial charge in [-0.25, -0.2) is 24.5 Å². The first-order valence-corrected chi connectivity index (χ1v) is 32.2. The van der Waals surface area contributed by atoms with E-state index in [0.29, 0.717) is 36.5 Å². The molecular formula is C75H81N13O6. The zero-order chi connectivity index (χ0) is 66.3. The van der Waals surface area contributed by atoms with Gasteiger partial charge < -0.3 is 56.2 Å². The predicted octanol–water partition coefficient (Wildman–Crippen LogP) is 12.8. The number of hydrogen-bond acceptors (Lipinski definition) is 12. The van der Waals surface area contributed by atoms with Crippen molar-refractivity contribution in [2.45, 2.75) is 48.0 Å². The van der Waals surface area contributed by atoms with Crippen molar-refractivity contribution >= 4 is 68.3 Å². The highest BCUT2D eigenvalue weighted by Gasteiger charge is 2.19. The number of benzene rings is 8. The Morgan fingerprint density at radius 2 is 0.734 bits per heavy atom. The third-order valence-electron chi connectivity index (χ3n) is 17.1. The van der Waals surface area contributed by atoms with Crippen LogP contribution in [0.25, 0.3) is 89.5 Å². The van der Waals surface area contributed by atoms with Crippen LogP contribution in [0.3, 0.4) is 0 Å². The number of nitrogens with zero attached hydrogens (tertiary/aromatic N) is 7. The van der Waals surface area contributed by atoms with Crippen molar-refractivity contribution in [1.29, 1.82) is 0 Å². The third kappa shape index (κ3) is 16.2. The van der Waals surface area contributed by atoms with Gasteiger partial charge >= 0.3 is 11.9 Å². The van der Waals surface area contributed by atoms with E-state index in [4.69, 9.17) is 30.9 Å². The normalized spacial score (nSPS) is 11.8. The second kappa shape index (κ2) is 31.3. The maximum absolute atomic E-state index is 12.6. The molecule has 0 bridgehead atoms. The number of aromatic carboxylic acids is 2. The zero-order valence-electron chi connectivity index (χ0n) is 54.1. The van der Waals surface area contributed by atoms with Gasteiger partial charge in [-0.15, -0.1) is 0 Å². The number of fused-ring (bicyclic) bond motifs is 4. The molecule has 1 aliphatic heterocycles. The molecule has 2 amide bonds. The second-order valence-electron chi connectivity index (χ2n) is 22.8. The molecule has 9 N–H and O–H groups in total. The van der Waals surface area contributed by atoms with Gasteiger partial charge in [-0.3, -0.25) is 14.6 Å². The molecule has 0 fully saturated rings. The van der Waals surface area contributed by atoms with Gasteiger partial charge in [-0.2, -0.15) is 0 Å². The van der Waals surface area contributed by atoms with E-state index in [2.05, 4.69) is 129 Å². The molecule has 1 aliphatic rings. The Morgan fingerprint density at radius 3 is 1.07 bits per heavy atom. The van der Waals surface area contributed by atoms with Crippen LogP contribution in [0.15, 0.2) is 175 Å². The molecule has 0 saturated heterocycles. The van der Waals surface area contributed by atoms with Crippen LogP contribution in [0.2, 0.25) is 0 Å². The van der Waals surface area contributed by atoms with Crippen LogP contribution < -0.4 is 16.4 Å². The molecule has 4 heterocycles. The molecule has 0 aliphatic carbocycles. The van der Waals surface area contributed by atoms with Crippen LogP contribution in [0.5, 0.6) is 0 Å². The summed E-state index contributed by atoms with van der Waals surface area (Å²) >= 11 is 0. The molecule has 482 valence electrons. The van der Waals surface area contributed by atoms with Gasteiger partial charge in [0.2, 0.25) is 0 Å². The zero-order valence-corrected chi connectivity index (χ0v) is 54.1. The van der Waals surface area contributed by atoms with Gasteiger partial charge in [0.1, 0.15) is 17.5 Å². The quantitative estimate of drug-likeness (QED) is 0.0280. The van der Waals surface area contributed by atoms with Crippen LogP contribution in [0, 0.1) is 0 Å². The number of aromatic nitrogens is 6. The van der Waals surface area contributed by atoms with Crippen LogP contribution in [-0.2, 0) is 6.42 Å². The number of imidazole rings is 3. The summed E-state index contributed by atoms with van der Waals surface area (Å²) in [4.78, 5) is 83.7. The number of rotatable bonds is 24. The molecule has 8 aromatic carbocycles. The standard InChI is InChI=1S/C40H46N8O2.C29H19N3O4.C6H16N2/c1-5-47(6-2)23-21-41-39(49)29-13-9-27(10-14-29)37-43-33-19-17-31(25-35(33)45-37)32-18-20-34-36(26-32)46-38(44-34)28-11-15-30(16-12-28)40(50)42-22-24-48(7-3)8-4;33-28(34)18-5-1-16(2-6-18)24-15-22-10-9-20(13-25(22)30-24)21-11-12-23-26(14-21)32-27(31-23)17-3-7-19(8-4-17)29(35)36;1-3-8(4-2)6-5-7/h9-20,25-26H,5-8,21-24H2,1-4H3,(H,41,49)(H,42,50)(H,43,45)(H,44,46);1-14H,15H2,(H,31,32)(H,33,34)(H,35,36);3-7H2,1-2H3. The number of nitrogens with two attached hydrogens (primary N) is 1. The highest BCUT2D eigenvalue weighted by molar-refractivity contribution is 6.07. The second-order valence-corrected chi connectivity index (χ2v) is 22.8.